The zero-order valence-corrected chi connectivity index (χ0v) is 8.49. The van der Waals surface area contributed by atoms with Gasteiger partial charge in [-0.25, -0.2) is 0 Å². The fourth-order valence-electron chi connectivity index (χ4n) is 1.61. The second-order valence-electron chi connectivity index (χ2n) is 3.98. The van der Waals surface area contributed by atoms with Gasteiger partial charge in [-0.3, -0.25) is 4.79 Å². The van der Waals surface area contributed by atoms with E-state index in [0.717, 1.165) is 25.9 Å². The van der Waals surface area contributed by atoms with Crippen LogP contribution in [0.5, 0.6) is 0 Å². The van der Waals surface area contributed by atoms with Crippen molar-refractivity contribution in [1.29, 1.82) is 0 Å². The van der Waals surface area contributed by atoms with Gasteiger partial charge in [-0.2, -0.15) is 0 Å². The molecule has 4 nitrogen and oxygen atoms in total. The first-order valence-electron chi connectivity index (χ1n) is 4.77. The highest BCUT2D eigenvalue weighted by atomic mass is 16.2. The lowest BCUT2D eigenvalue weighted by molar-refractivity contribution is -0.133. The van der Waals surface area contributed by atoms with Crippen molar-refractivity contribution < 1.29 is 4.79 Å². The van der Waals surface area contributed by atoms with Gasteiger partial charge in [0.25, 0.3) is 0 Å². The van der Waals surface area contributed by atoms with Crippen LogP contribution < -0.4 is 5.73 Å². The van der Waals surface area contributed by atoms with E-state index in [0.29, 0.717) is 6.54 Å². The molecule has 1 saturated heterocycles. The zero-order chi connectivity index (χ0) is 9.84. The molecule has 0 aromatic heterocycles. The number of rotatable bonds is 2. The number of hydrogen-bond donors (Lipinski definition) is 1. The van der Waals surface area contributed by atoms with Crippen molar-refractivity contribution in [3.63, 3.8) is 0 Å². The van der Waals surface area contributed by atoms with Gasteiger partial charge in [0.1, 0.15) is 0 Å². The minimum absolute atomic E-state index is 0.180. The molecule has 0 saturated carbocycles. The second-order valence-corrected chi connectivity index (χ2v) is 3.98. The molecule has 1 aliphatic heterocycles. The summed E-state index contributed by atoms with van der Waals surface area (Å²) in [5.74, 6) is 0.195. The van der Waals surface area contributed by atoms with Crippen molar-refractivity contribution in [2.24, 2.45) is 5.73 Å². The molecule has 13 heavy (non-hydrogen) atoms. The normalized spacial score (nSPS) is 23.7. The molecule has 0 unspecified atom stereocenters. The summed E-state index contributed by atoms with van der Waals surface area (Å²) in [5, 5.41) is 0. The van der Waals surface area contributed by atoms with E-state index in [4.69, 9.17) is 5.73 Å². The van der Waals surface area contributed by atoms with Gasteiger partial charge in [0, 0.05) is 19.1 Å². The van der Waals surface area contributed by atoms with Gasteiger partial charge in [-0.05, 0) is 26.9 Å². The molecule has 2 N–H and O–H groups in total. The predicted molar refractivity (Wildman–Crippen MR) is 52.3 cm³/mol. The van der Waals surface area contributed by atoms with Crippen LogP contribution in [0.3, 0.4) is 0 Å². The Hall–Kier alpha value is -0.610. The largest absolute Gasteiger partial charge is 0.340 e. The van der Waals surface area contributed by atoms with Gasteiger partial charge in [0.15, 0.2) is 0 Å². The van der Waals surface area contributed by atoms with Crippen molar-refractivity contribution >= 4 is 5.91 Å². The highest BCUT2D eigenvalue weighted by molar-refractivity contribution is 5.78. The van der Waals surface area contributed by atoms with Crippen molar-refractivity contribution in [1.82, 2.24) is 9.80 Å². The van der Waals surface area contributed by atoms with Crippen LogP contribution in [-0.2, 0) is 4.79 Å². The molecule has 1 aliphatic rings. The monoisotopic (exact) mass is 185 g/mol. The first kappa shape index (κ1) is 10.5. The van der Waals surface area contributed by atoms with E-state index in [1.165, 1.54) is 0 Å². The van der Waals surface area contributed by atoms with Crippen molar-refractivity contribution in [3.05, 3.63) is 0 Å². The van der Waals surface area contributed by atoms with Crippen LogP contribution in [0, 0.1) is 0 Å². The van der Waals surface area contributed by atoms with E-state index in [-0.39, 0.29) is 11.9 Å². The van der Waals surface area contributed by atoms with Gasteiger partial charge in [0.2, 0.25) is 5.91 Å². The summed E-state index contributed by atoms with van der Waals surface area (Å²) in [7, 11) is 3.81. The standard InChI is InChI=1S/C9H19N3O/c1-11(2)7-9(13)12-5-3-4-8(10)6-12/h8H,3-7,10H2,1-2H3/t8-/m0/s1. The molecule has 0 aromatic rings. The lowest BCUT2D eigenvalue weighted by Gasteiger charge is -2.31. The molecule has 1 amide bonds. The summed E-state index contributed by atoms with van der Waals surface area (Å²) in [4.78, 5) is 15.3. The van der Waals surface area contributed by atoms with Gasteiger partial charge in [0.05, 0.1) is 6.54 Å². The number of hydrogen-bond acceptors (Lipinski definition) is 3. The molecule has 1 fully saturated rings. The van der Waals surface area contributed by atoms with E-state index in [1.807, 2.05) is 23.9 Å². The summed E-state index contributed by atoms with van der Waals surface area (Å²) in [5.41, 5.74) is 5.79. The maximum Gasteiger partial charge on any atom is 0.236 e. The number of piperidine rings is 1. The third-order valence-electron chi connectivity index (χ3n) is 2.26. The van der Waals surface area contributed by atoms with Crippen LogP contribution in [0.25, 0.3) is 0 Å². The van der Waals surface area contributed by atoms with Crippen LogP contribution in [0.15, 0.2) is 0 Å². The Morgan fingerprint density at radius 3 is 2.85 bits per heavy atom. The van der Waals surface area contributed by atoms with Gasteiger partial charge < -0.3 is 15.5 Å². The quantitative estimate of drug-likeness (QED) is 0.631. The number of carbonyl (C=O) groups excluding carboxylic acids is 1. The third-order valence-corrected chi connectivity index (χ3v) is 2.26. The molecule has 0 aromatic carbocycles. The third kappa shape index (κ3) is 3.32. The summed E-state index contributed by atoms with van der Waals surface area (Å²) < 4.78 is 0. The molecule has 0 aliphatic carbocycles. The Balaban J connectivity index is 2.37. The molecule has 0 bridgehead atoms. The lowest BCUT2D eigenvalue weighted by atomic mass is 10.1. The Morgan fingerprint density at radius 1 is 1.62 bits per heavy atom. The van der Waals surface area contributed by atoms with Crippen LogP contribution >= 0.6 is 0 Å². The second kappa shape index (κ2) is 4.58. The van der Waals surface area contributed by atoms with Crippen molar-refractivity contribution in [3.8, 4) is 0 Å². The first-order chi connectivity index (χ1) is 6.09. The fourth-order valence-corrected chi connectivity index (χ4v) is 1.61. The summed E-state index contributed by atoms with van der Waals surface area (Å²) in [6.45, 7) is 2.10. The number of amides is 1. The Bertz CT molecular complexity index is 182. The number of carbonyl (C=O) groups is 1. The van der Waals surface area contributed by atoms with Crippen LogP contribution in [-0.4, -0.2) is 55.5 Å². The highest BCUT2D eigenvalue weighted by Crippen LogP contribution is 2.08. The van der Waals surface area contributed by atoms with Crippen molar-refractivity contribution in [2.45, 2.75) is 18.9 Å². The average molecular weight is 185 g/mol. The van der Waals surface area contributed by atoms with E-state index in [9.17, 15) is 4.79 Å². The molecule has 1 heterocycles. The predicted octanol–water partition coefficient (Wildman–Crippen LogP) is -0.502. The van der Waals surface area contributed by atoms with Crippen LogP contribution in [0.4, 0.5) is 0 Å². The summed E-state index contributed by atoms with van der Waals surface area (Å²) in [6.07, 6.45) is 2.09. The molecular formula is C9H19N3O. The number of nitrogens with two attached hydrogens (primary N) is 1. The average Bonchev–Trinajstić information content (AvgIpc) is 2.03. The minimum Gasteiger partial charge on any atom is -0.340 e. The van der Waals surface area contributed by atoms with E-state index >= 15 is 0 Å². The minimum atomic E-state index is 0.180. The SMILES string of the molecule is CN(C)CC(=O)N1CCC[C@H](N)C1. The number of likely N-dealkylation sites (tertiary alicyclic amines) is 1. The lowest BCUT2D eigenvalue weighted by Crippen LogP contribution is -2.48. The zero-order valence-electron chi connectivity index (χ0n) is 8.49. The van der Waals surface area contributed by atoms with Gasteiger partial charge in [-0.15, -0.1) is 0 Å². The summed E-state index contributed by atoms with van der Waals surface area (Å²) in [6, 6.07) is 0.180. The van der Waals surface area contributed by atoms with E-state index in [2.05, 4.69) is 0 Å². The number of likely N-dealkylation sites (N-methyl/N-ethyl adjacent to an activating group) is 1. The maximum absolute atomic E-state index is 11.6. The molecule has 0 spiro atoms. The molecule has 0 radical (unpaired) electrons. The van der Waals surface area contributed by atoms with Gasteiger partial charge in [-0.1, -0.05) is 0 Å². The van der Waals surface area contributed by atoms with Crippen molar-refractivity contribution in [2.75, 3.05) is 33.7 Å². The van der Waals surface area contributed by atoms with E-state index < -0.39 is 0 Å². The smallest absolute Gasteiger partial charge is 0.236 e. The Kier molecular flexibility index (Phi) is 3.69. The van der Waals surface area contributed by atoms with Gasteiger partial charge >= 0.3 is 0 Å². The molecular weight excluding hydrogens is 166 g/mol. The van der Waals surface area contributed by atoms with Crippen LogP contribution in [0.1, 0.15) is 12.8 Å². The summed E-state index contributed by atoms with van der Waals surface area (Å²) >= 11 is 0. The first-order valence-corrected chi connectivity index (χ1v) is 4.77. The van der Waals surface area contributed by atoms with E-state index in [1.54, 1.807) is 0 Å². The Morgan fingerprint density at radius 2 is 2.31 bits per heavy atom. The maximum atomic E-state index is 11.6. The molecule has 76 valence electrons. The topological polar surface area (TPSA) is 49.6 Å². The highest BCUT2D eigenvalue weighted by Gasteiger charge is 2.20. The molecule has 4 heteroatoms. The van der Waals surface area contributed by atoms with Crippen LogP contribution in [0.2, 0.25) is 0 Å². The fraction of sp³-hybridized carbons (Fsp3) is 0.889. The molecule has 1 atom stereocenters. The Labute approximate surface area is 79.7 Å². The molecule has 1 rings (SSSR count). The number of nitrogens with zero attached hydrogens (tertiary/aromatic N) is 2.